The van der Waals surface area contributed by atoms with Gasteiger partial charge in [-0.25, -0.2) is 4.98 Å². The molecule has 0 radical (unpaired) electrons. The molecular formula is C25H19ClN2O3S. The third kappa shape index (κ3) is 5.60. The lowest BCUT2D eigenvalue weighted by Gasteiger charge is -2.06. The fourth-order valence-electron chi connectivity index (χ4n) is 3.09. The number of benzene rings is 3. The van der Waals surface area contributed by atoms with E-state index in [1.807, 2.05) is 78.2 Å². The molecule has 32 heavy (non-hydrogen) atoms. The molecule has 7 heteroatoms. The highest BCUT2D eigenvalue weighted by molar-refractivity contribution is 7.14. The molecule has 4 rings (SSSR count). The molecule has 5 nitrogen and oxygen atoms in total. The number of halogens is 1. The van der Waals surface area contributed by atoms with Gasteiger partial charge in [-0.3, -0.25) is 14.9 Å². The summed E-state index contributed by atoms with van der Waals surface area (Å²) in [6.45, 7) is -0.373. The number of anilines is 1. The molecule has 160 valence electrons. The van der Waals surface area contributed by atoms with Crippen LogP contribution in [-0.2, 0) is 20.7 Å². The van der Waals surface area contributed by atoms with Crippen molar-refractivity contribution in [3.63, 3.8) is 0 Å². The Balaban J connectivity index is 1.26. The van der Waals surface area contributed by atoms with Gasteiger partial charge in [-0.1, -0.05) is 84.4 Å². The smallest absolute Gasteiger partial charge is 0.310 e. The van der Waals surface area contributed by atoms with Crippen LogP contribution in [0.4, 0.5) is 5.13 Å². The molecular weight excluding hydrogens is 444 g/mol. The molecule has 1 N–H and O–H groups in total. The minimum atomic E-state index is -0.469. The second-order valence-corrected chi connectivity index (χ2v) is 8.23. The molecule has 0 aliphatic heterocycles. The molecule has 0 aliphatic carbocycles. The van der Waals surface area contributed by atoms with Crippen molar-refractivity contribution < 1.29 is 14.3 Å². The van der Waals surface area contributed by atoms with E-state index < -0.39 is 11.9 Å². The Morgan fingerprint density at radius 1 is 0.906 bits per heavy atom. The molecule has 4 aromatic rings. The molecule has 1 aromatic heterocycles. The Kier molecular flexibility index (Phi) is 6.94. The fraction of sp³-hybridized carbons (Fsp3) is 0.0800. The number of nitrogens with zero attached hydrogens (tertiary/aromatic N) is 1. The molecule has 1 heterocycles. The van der Waals surface area contributed by atoms with Gasteiger partial charge in [0, 0.05) is 16.0 Å². The first-order valence-electron chi connectivity index (χ1n) is 9.89. The number of rotatable bonds is 7. The van der Waals surface area contributed by atoms with E-state index in [1.54, 1.807) is 6.07 Å². The van der Waals surface area contributed by atoms with E-state index in [4.69, 9.17) is 16.3 Å². The molecule has 1 amide bonds. The molecule has 0 aliphatic rings. The summed E-state index contributed by atoms with van der Waals surface area (Å²) in [7, 11) is 0. The summed E-state index contributed by atoms with van der Waals surface area (Å²) in [6, 6.07) is 25.0. The van der Waals surface area contributed by atoms with E-state index >= 15 is 0 Å². The lowest BCUT2D eigenvalue weighted by atomic mass is 10.0. The van der Waals surface area contributed by atoms with Gasteiger partial charge in [0.2, 0.25) is 0 Å². The standard InChI is InChI=1S/C25H19ClN2O3S/c26-21-9-5-4-8-20(21)22-16-32-25(27-22)28-23(29)15-31-24(30)14-17-10-12-19(13-11-17)18-6-2-1-3-7-18/h1-13,16H,14-15H2,(H,27,28,29). The van der Waals surface area contributed by atoms with Crippen LogP contribution in [0.5, 0.6) is 0 Å². The number of esters is 1. The van der Waals surface area contributed by atoms with Gasteiger partial charge in [-0.2, -0.15) is 0 Å². The Morgan fingerprint density at radius 2 is 1.59 bits per heavy atom. The zero-order chi connectivity index (χ0) is 22.3. The van der Waals surface area contributed by atoms with Gasteiger partial charge < -0.3 is 4.74 Å². The Labute approximate surface area is 194 Å². The minimum absolute atomic E-state index is 0.0935. The van der Waals surface area contributed by atoms with Crippen molar-refractivity contribution in [2.24, 2.45) is 0 Å². The van der Waals surface area contributed by atoms with Crippen molar-refractivity contribution in [3.8, 4) is 22.4 Å². The highest BCUT2D eigenvalue weighted by Gasteiger charge is 2.12. The van der Waals surface area contributed by atoms with E-state index in [0.29, 0.717) is 15.8 Å². The predicted octanol–water partition coefficient (Wildman–Crippen LogP) is 5.85. The van der Waals surface area contributed by atoms with Gasteiger partial charge in [-0.15, -0.1) is 11.3 Å². The Bertz CT molecular complexity index is 1220. The van der Waals surface area contributed by atoms with Crippen LogP contribution in [0.3, 0.4) is 0 Å². The summed E-state index contributed by atoms with van der Waals surface area (Å²) in [5, 5.41) is 5.45. The first-order chi connectivity index (χ1) is 15.6. The van der Waals surface area contributed by atoms with Crippen molar-refractivity contribution >= 4 is 39.9 Å². The number of hydrogen-bond acceptors (Lipinski definition) is 5. The number of ether oxygens (including phenoxy) is 1. The third-order valence-electron chi connectivity index (χ3n) is 4.67. The maximum Gasteiger partial charge on any atom is 0.310 e. The Morgan fingerprint density at radius 3 is 2.34 bits per heavy atom. The van der Waals surface area contributed by atoms with Crippen LogP contribution in [0.2, 0.25) is 5.02 Å². The van der Waals surface area contributed by atoms with Gasteiger partial charge in [0.25, 0.3) is 5.91 Å². The normalized spacial score (nSPS) is 10.5. The lowest BCUT2D eigenvalue weighted by molar-refractivity contribution is -0.146. The topological polar surface area (TPSA) is 68.3 Å². The van der Waals surface area contributed by atoms with Gasteiger partial charge in [-0.05, 0) is 22.8 Å². The number of thiazole rings is 1. The average molecular weight is 463 g/mol. The highest BCUT2D eigenvalue weighted by Crippen LogP contribution is 2.30. The van der Waals surface area contributed by atoms with E-state index in [1.165, 1.54) is 11.3 Å². The van der Waals surface area contributed by atoms with Crippen LogP contribution in [0.15, 0.2) is 84.2 Å². The summed E-state index contributed by atoms with van der Waals surface area (Å²) in [4.78, 5) is 28.6. The van der Waals surface area contributed by atoms with Crippen LogP contribution >= 0.6 is 22.9 Å². The molecule has 0 saturated carbocycles. The first-order valence-corrected chi connectivity index (χ1v) is 11.1. The zero-order valence-electron chi connectivity index (χ0n) is 17.0. The van der Waals surface area contributed by atoms with Crippen molar-refractivity contribution in [2.45, 2.75) is 6.42 Å². The third-order valence-corrected chi connectivity index (χ3v) is 5.76. The van der Waals surface area contributed by atoms with Crippen molar-refractivity contribution in [1.82, 2.24) is 4.98 Å². The van der Waals surface area contributed by atoms with Gasteiger partial charge >= 0.3 is 5.97 Å². The molecule has 0 spiro atoms. The summed E-state index contributed by atoms with van der Waals surface area (Å²) in [5.41, 5.74) is 4.46. The maximum absolute atomic E-state index is 12.1. The predicted molar refractivity (Wildman–Crippen MR) is 128 cm³/mol. The first kappa shape index (κ1) is 21.7. The Hall–Kier alpha value is -3.48. The van der Waals surface area contributed by atoms with E-state index in [2.05, 4.69) is 10.3 Å². The largest absolute Gasteiger partial charge is 0.455 e. The number of nitrogens with one attached hydrogen (secondary N) is 1. The van der Waals surface area contributed by atoms with Gasteiger partial charge in [0.15, 0.2) is 11.7 Å². The van der Waals surface area contributed by atoms with Gasteiger partial charge in [0.1, 0.15) is 0 Å². The van der Waals surface area contributed by atoms with Crippen LogP contribution in [0.1, 0.15) is 5.56 Å². The highest BCUT2D eigenvalue weighted by atomic mass is 35.5. The average Bonchev–Trinajstić information content (AvgIpc) is 3.27. The number of carbonyl (C=O) groups is 2. The summed E-state index contributed by atoms with van der Waals surface area (Å²) >= 11 is 7.46. The van der Waals surface area contributed by atoms with Crippen molar-refractivity contribution in [1.29, 1.82) is 0 Å². The minimum Gasteiger partial charge on any atom is -0.455 e. The van der Waals surface area contributed by atoms with Crippen LogP contribution in [0.25, 0.3) is 22.4 Å². The van der Waals surface area contributed by atoms with E-state index in [0.717, 1.165) is 22.3 Å². The summed E-state index contributed by atoms with van der Waals surface area (Å²) in [6.07, 6.45) is 0.0935. The molecule has 0 saturated heterocycles. The van der Waals surface area contributed by atoms with Gasteiger partial charge in [0.05, 0.1) is 12.1 Å². The number of aromatic nitrogens is 1. The van der Waals surface area contributed by atoms with Crippen molar-refractivity contribution in [2.75, 3.05) is 11.9 Å². The van der Waals surface area contributed by atoms with Crippen molar-refractivity contribution in [3.05, 3.63) is 94.8 Å². The molecule has 0 atom stereocenters. The number of amides is 1. The summed E-state index contributed by atoms with van der Waals surface area (Å²) in [5.74, 6) is -0.915. The fourth-order valence-corrected chi connectivity index (χ4v) is 4.05. The number of carbonyl (C=O) groups excluding carboxylic acids is 2. The quantitative estimate of drug-likeness (QED) is 0.349. The van der Waals surface area contributed by atoms with Crippen LogP contribution in [0, 0.1) is 0 Å². The second-order valence-electron chi connectivity index (χ2n) is 6.97. The molecule has 3 aromatic carbocycles. The molecule has 0 bridgehead atoms. The lowest BCUT2D eigenvalue weighted by Crippen LogP contribution is -2.21. The monoisotopic (exact) mass is 462 g/mol. The summed E-state index contributed by atoms with van der Waals surface area (Å²) < 4.78 is 5.11. The second kappa shape index (κ2) is 10.2. The van der Waals surface area contributed by atoms with E-state index in [9.17, 15) is 9.59 Å². The van der Waals surface area contributed by atoms with Crippen LogP contribution in [-0.4, -0.2) is 23.5 Å². The van der Waals surface area contributed by atoms with E-state index in [-0.39, 0.29) is 13.0 Å². The maximum atomic E-state index is 12.1. The molecule has 0 unspecified atom stereocenters. The van der Waals surface area contributed by atoms with Crippen LogP contribution < -0.4 is 5.32 Å². The zero-order valence-corrected chi connectivity index (χ0v) is 18.5. The number of hydrogen-bond donors (Lipinski definition) is 1. The molecule has 0 fully saturated rings. The SMILES string of the molecule is O=C(COC(=O)Cc1ccc(-c2ccccc2)cc1)Nc1nc(-c2ccccc2Cl)cs1.